The molecule has 1 aliphatic heterocycles. The van der Waals surface area contributed by atoms with Crippen molar-refractivity contribution in [2.24, 2.45) is 5.92 Å². The Morgan fingerprint density at radius 2 is 2.11 bits per heavy atom. The molecule has 0 aromatic heterocycles. The van der Waals surface area contributed by atoms with Gasteiger partial charge in [0.15, 0.2) is 6.10 Å². The maximum absolute atomic E-state index is 12.0. The van der Waals surface area contributed by atoms with E-state index < -0.39 is 29.0 Å². The molecule has 0 saturated carbocycles. The van der Waals surface area contributed by atoms with Gasteiger partial charge in [-0.15, -0.1) is 0 Å². The predicted molar refractivity (Wildman–Crippen MR) is 59.0 cm³/mol. The lowest BCUT2D eigenvalue weighted by Crippen LogP contribution is -2.49. The topological polar surface area (TPSA) is 69.6 Å². The number of hydrogen-bond acceptors (Lipinski definition) is 3. The lowest BCUT2D eigenvalue weighted by molar-refractivity contribution is -0.200. The largest absolute Gasteiger partial charge is 0.415 e. The number of nitrogens with one attached hydrogen (secondary N) is 1. The predicted octanol–water partition coefficient (Wildman–Crippen LogP) is 0.476. The molecule has 0 bridgehead atoms. The maximum Gasteiger partial charge on any atom is 0.415 e. The van der Waals surface area contributed by atoms with E-state index >= 15 is 0 Å². The van der Waals surface area contributed by atoms with Gasteiger partial charge in [0, 0.05) is 19.6 Å². The van der Waals surface area contributed by atoms with Crippen molar-refractivity contribution in [3.8, 4) is 0 Å². The highest BCUT2D eigenvalue weighted by Crippen LogP contribution is 2.20. The molecule has 2 N–H and O–H groups in total. The van der Waals surface area contributed by atoms with Crippen LogP contribution >= 0.6 is 0 Å². The fourth-order valence-corrected chi connectivity index (χ4v) is 3.13. The van der Waals surface area contributed by atoms with Crippen LogP contribution in [0.5, 0.6) is 0 Å². The Morgan fingerprint density at radius 3 is 2.61 bits per heavy atom. The number of piperidine rings is 1. The molecule has 1 saturated heterocycles. The third-order valence-corrected chi connectivity index (χ3v) is 4.34. The molecule has 0 aliphatic carbocycles. The minimum absolute atomic E-state index is 0.183. The molecule has 0 amide bonds. The van der Waals surface area contributed by atoms with Crippen molar-refractivity contribution in [3.63, 3.8) is 0 Å². The van der Waals surface area contributed by atoms with E-state index in [9.17, 15) is 21.6 Å². The molecule has 2 unspecified atom stereocenters. The third-order valence-electron chi connectivity index (χ3n) is 2.80. The van der Waals surface area contributed by atoms with Crippen molar-refractivity contribution in [1.29, 1.82) is 0 Å². The third kappa shape index (κ3) is 4.38. The Kier molecular flexibility index (Phi) is 4.98. The highest BCUT2D eigenvalue weighted by molar-refractivity contribution is 7.87. The second-order valence-corrected chi connectivity index (χ2v) is 6.27. The molecule has 0 aromatic rings. The molecule has 5 nitrogen and oxygen atoms in total. The summed E-state index contributed by atoms with van der Waals surface area (Å²) in [6.07, 6.45) is -5.92. The Morgan fingerprint density at radius 1 is 1.50 bits per heavy atom. The number of hydrogen-bond donors (Lipinski definition) is 2. The highest BCUT2D eigenvalue weighted by Gasteiger charge is 2.39. The van der Waals surface area contributed by atoms with E-state index in [0.717, 1.165) is 10.7 Å². The van der Waals surface area contributed by atoms with Gasteiger partial charge in [-0.3, -0.25) is 0 Å². The molecule has 1 aliphatic rings. The zero-order valence-corrected chi connectivity index (χ0v) is 10.8. The first-order valence-electron chi connectivity index (χ1n) is 5.62. The van der Waals surface area contributed by atoms with E-state index in [1.54, 1.807) is 4.72 Å². The summed E-state index contributed by atoms with van der Waals surface area (Å²) >= 11 is 0. The van der Waals surface area contributed by atoms with Crippen LogP contribution < -0.4 is 4.72 Å². The SMILES string of the molecule is CC1CCCN(S(=O)(=O)NCC(O)C(F)(F)F)C1. The van der Waals surface area contributed by atoms with Gasteiger partial charge in [0.25, 0.3) is 10.2 Å². The smallest absolute Gasteiger partial charge is 0.382 e. The van der Waals surface area contributed by atoms with E-state index in [2.05, 4.69) is 0 Å². The summed E-state index contributed by atoms with van der Waals surface area (Å²) in [4.78, 5) is 0. The first-order chi connectivity index (χ1) is 8.13. The fourth-order valence-electron chi connectivity index (χ4n) is 1.76. The van der Waals surface area contributed by atoms with Crippen LogP contribution in [-0.2, 0) is 10.2 Å². The number of halogens is 3. The second kappa shape index (κ2) is 5.72. The summed E-state index contributed by atoms with van der Waals surface area (Å²) in [7, 11) is -3.95. The number of rotatable bonds is 4. The molecule has 0 aromatic carbocycles. The van der Waals surface area contributed by atoms with Crippen LogP contribution in [-0.4, -0.2) is 49.7 Å². The van der Waals surface area contributed by atoms with Gasteiger partial charge in [-0.25, -0.2) is 0 Å². The van der Waals surface area contributed by atoms with Crippen molar-refractivity contribution < 1.29 is 26.7 Å². The minimum atomic E-state index is -4.82. The summed E-state index contributed by atoms with van der Waals surface area (Å²) in [5.74, 6) is 0.183. The Balaban J connectivity index is 2.54. The molecule has 108 valence electrons. The molecular formula is C9H17F3N2O3S. The van der Waals surface area contributed by atoms with Crippen LogP contribution in [0.4, 0.5) is 13.2 Å². The molecule has 1 fully saturated rings. The quantitative estimate of drug-likeness (QED) is 0.791. The lowest BCUT2D eigenvalue weighted by atomic mass is 10.0. The standard InChI is InChI=1S/C9H17F3N2O3S/c1-7-3-2-4-14(6-7)18(16,17)13-5-8(15)9(10,11)12/h7-8,13,15H,2-6H2,1H3. The van der Waals surface area contributed by atoms with Crippen molar-refractivity contribution in [1.82, 2.24) is 9.03 Å². The summed E-state index contributed by atoms with van der Waals surface area (Å²) in [6, 6.07) is 0. The monoisotopic (exact) mass is 290 g/mol. The Bertz CT molecular complexity index is 372. The zero-order chi connectivity index (χ0) is 14.0. The summed E-state index contributed by atoms with van der Waals surface area (Å²) in [6.45, 7) is 1.40. The number of alkyl halides is 3. The van der Waals surface area contributed by atoms with E-state index in [-0.39, 0.29) is 12.5 Å². The van der Waals surface area contributed by atoms with Crippen LogP contribution in [0.3, 0.4) is 0 Å². The molecule has 18 heavy (non-hydrogen) atoms. The van der Waals surface area contributed by atoms with Crippen molar-refractivity contribution in [3.05, 3.63) is 0 Å². The normalized spacial score (nSPS) is 25.1. The Hall–Kier alpha value is -0.380. The van der Waals surface area contributed by atoms with Gasteiger partial charge in [-0.05, 0) is 18.8 Å². The number of nitrogens with zero attached hydrogens (tertiary/aromatic N) is 1. The fraction of sp³-hybridized carbons (Fsp3) is 1.00. The van der Waals surface area contributed by atoms with Crippen LogP contribution in [0.25, 0.3) is 0 Å². The molecular weight excluding hydrogens is 273 g/mol. The minimum Gasteiger partial charge on any atom is -0.382 e. The van der Waals surface area contributed by atoms with Gasteiger partial charge in [-0.1, -0.05) is 6.92 Å². The molecule has 2 atom stereocenters. The highest BCUT2D eigenvalue weighted by atomic mass is 32.2. The van der Waals surface area contributed by atoms with Crippen molar-refractivity contribution in [2.45, 2.75) is 32.0 Å². The lowest BCUT2D eigenvalue weighted by Gasteiger charge is -2.30. The van der Waals surface area contributed by atoms with Crippen LogP contribution in [0.1, 0.15) is 19.8 Å². The molecule has 0 radical (unpaired) electrons. The molecule has 1 rings (SSSR count). The molecule has 9 heteroatoms. The molecule has 1 heterocycles. The van der Waals surface area contributed by atoms with Gasteiger partial charge in [0.05, 0.1) is 0 Å². The number of aliphatic hydroxyl groups excluding tert-OH is 1. The summed E-state index contributed by atoms with van der Waals surface area (Å²) < 4.78 is 62.4. The van der Waals surface area contributed by atoms with E-state index in [0.29, 0.717) is 13.0 Å². The van der Waals surface area contributed by atoms with Gasteiger partial charge in [-0.2, -0.15) is 30.6 Å². The second-order valence-electron chi connectivity index (χ2n) is 4.52. The van der Waals surface area contributed by atoms with Gasteiger partial charge < -0.3 is 5.11 Å². The molecule has 0 spiro atoms. The average Bonchev–Trinajstić information content (AvgIpc) is 2.24. The Labute approximate surface area is 104 Å². The van der Waals surface area contributed by atoms with Crippen molar-refractivity contribution in [2.75, 3.05) is 19.6 Å². The first-order valence-corrected chi connectivity index (χ1v) is 7.06. The van der Waals surface area contributed by atoms with E-state index in [1.807, 2.05) is 6.92 Å². The number of aliphatic hydroxyl groups is 1. The zero-order valence-electron chi connectivity index (χ0n) is 9.94. The van der Waals surface area contributed by atoms with E-state index in [4.69, 9.17) is 5.11 Å². The van der Waals surface area contributed by atoms with Gasteiger partial charge in [0.1, 0.15) is 0 Å². The van der Waals surface area contributed by atoms with Crippen LogP contribution in [0, 0.1) is 5.92 Å². The van der Waals surface area contributed by atoms with Gasteiger partial charge in [0.2, 0.25) is 0 Å². The average molecular weight is 290 g/mol. The maximum atomic E-state index is 12.0. The van der Waals surface area contributed by atoms with Crippen LogP contribution in [0.15, 0.2) is 0 Å². The van der Waals surface area contributed by atoms with Crippen molar-refractivity contribution >= 4 is 10.2 Å². The summed E-state index contributed by atoms with van der Waals surface area (Å²) in [5, 5.41) is 8.73. The summed E-state index contributed by atoms with van der Waals surface area (Å²) in [5.41, 5.74) is 0. The van der Waals surface area contributed by atoms with E-state index in [1.165, 1.54) is 0 Å². The van der Waals surface area contributed by atoms with Crippen LogP contribution in [0.2, 0.25) is 0 Å². The first kappa shape index (κ1) is 15.7. The van der Waals surface area contributed by atoms with Gasteiger partial charge >= 0.3 is 6.18 Å².